The van der Waals surface area contributed by atoms with Gasteiger partial charge in [0.05, 0.1) is 22.5 Å². The van der Waals surface area contributed by atoms with Crippen molar-refractivity contribution in [1.82, 2.24) is 5.43 Å². The summed E-state index contributed by atoms with van der Waals surface area (Å²) in [7, 11) is 0. The van der Waals surface area contributed by atoms with Gasteiger partial charge >= 0.3 is 17.8 Å². The zero-order valence-corrected chi connectivity index (χ0v) is 18.3. The molecule has 0 aromatic heterocycles. The molecule has 9 heteroatoms. The largest absolute Gasteiger partial charge is 0.422 e. The Balaban J connectivity index is 1.65. The Labute approximate surface area is 194 Å². The predicted molar refractivity (Wildman–Crippen MR) is 123 cm³/mol. The number of ether oxygens (including phenoxy) is 1. The quantitative estimate of drug-likeness (QED) is 0.187. The van der Waals surface area contributed by atoms with Gasteiger partial charge in [0.2, 0.25) is 0 Å². The van der Waals surface area contributed by atoms with Crippen molar-refractivity contribution in [2.75, 3.05) is 5.32 Å². The number of anilines is 1. The van der Waals surface area contributed by atoms with Gasteiger partial charge in [0.25, 0.3) is 0 Å². The second kappa shape index (κ2) is 10.6. The van der Waals surface area contributed by atoms with E-state index in [4.69, 9.17) is 27.9 Å². The fourth-order valence-electron chi connectivity index (χ4n) is 2.62. The lowest BCUT2D eigenvalue weighted by Crippen LogP contribution is -2.32. The highest BCUT2D eigenvalue weighted by Gasteiger charge is 2.15. The second-order valence-corrected chi connectivity index (χ2v) is 7.36. The minimum atomic E-state index is -1.02. The minimum Gasteiger partial charge on any atom is -0.422 e. The van der Waals surface area contributed by atoms with Crippen LogP contribution in [0, 0.1) is 6.92 Å². The topological polar surface area (TPSA) is 96.9 Å². The number of esters is 1. The molecule has 0 aliphatic heterocycles. The van der Waals surface area contributed by atoms with Crippen molar-refractivity contribution in [3.8, 4) is 5.75 Å². The number of carbonyl (C=O) groups excluding carboxylic acids is 3. The number of rotatable bonds is 5. The Hall–Kier alpha value is -3.68. The molecule has 3 aromatic carbocycles. The van der Waals surface area contributed by atoms with Gasteiger partial charge in [-0.15, -0.1) is 0 Å². The average molecular weight is 470 g/mol. The number of benzene rings is 3. The molecular formula is C23H17Cl2N3O4. The van der Waals surface area contributed by atoms with Crippen LogP contribution in [0.3, 0.4) is 0 Å². The van der Waals surface area contributed by atoms with Gasteiger partial charge < -0.3 is 10.1 Å². The summed E-state index contributed by atoms with van der Waals surface area (Å²) in [6.45, 7) is 1.81. The molecule has 0 heterocycles. The average Bonchev–Trinajstić information content (AvgIpc) is 2.77. The Morgan fingerprint density at radius 3 is 2.44 bits per heavy atom. The summed E-state index contributed by atoms with van der Waals surface area (Å²) in [6, 6.07) is 18.1. The first kappa shape index (κ1) is 23.0. The van der Waals surface area contributed by atoms with Crippen molar-refractivity contribution >= 4 is 52.9 Å². The molecule has 0 saturated heterocycles. The van der Waals surface area contributed by atoms with Gasteiger partial charge in [0.1, 0.15) is 5.75 Å². The highest BCUT2D eigenvalue weighted by molar-refractivity contribution is 6.42. The van der Waals surface area contributed by atoms with Crippen molar-refractivity contribution < 1.29 is 19.1 Å². The van der Waals surface area contributed by atoms with Gasteiger partial charge in [0.15, 0.2) is 0 Å². The van der Waals surface area contributed by atoms with Crippen LogP contribution in [0.25, 0.3) is 0 Å². The van der Waals surface area contributed by atoms with Crippen molar-refractivity contribution in [3.05, 3.63) is 93.5 Å². The first-order valence-electron chi connectivity index (χ1n) is 9.31. The molecule has 2 N–H and O–H groups in total. The molecule has 0 spiro atoms. The third kappa shape index (κ3) is 5.94. The molecular weight excluding hydrogens is 453 g/mol. The highest BCUT2D eigenvalue weighted by atomic mass is 35.5. The lowest BCUT2D eigenvalue weighted by atomic mass is 10.1. The number of carbonyl (C=O) groups is 3. The van der Waals surface area contributed by atoms with E-state index in [9.17, 15) is 14.4 Å². The van der Waals surface area contributed by atoms with Crippen LogP contribution in [0.2, 0.25) is 10.0 Å². The summed E-state index contributed by atoms with van der Waals surface area (Å²) >= 11 is 11.8. The van der Waals surface area contributed by atoms with Crippen LogP contribution in [-0.2, 0) is 9.59 Å². The number of para-hydroxylation sites is 1. The Morgan fingerprint density at radius 2 is 1.66 bits per heavy atom. The lowest BCUT2D eigenvalue weighted by molar-refractivity contribution is -0.136. The molecule has 3 rings (SSSR count). The van der Waals surface area contributed by atoms with Crippen LogP contribution in [0.15, 0.2) is 71.8 Å². The number of nitrogens with zero attached hydrogens (tertiary/aromatic N) is 1. The number of aryl methyl sites for hydroxylation is 1. The van der Waals surface area contributed by atoms with E-state index in [0.29, 0.717) is 16.1 Å². The maximum absolute atomic E-state index is 12.5. The summed E-state index contributed by atoms with van der Waals surface area (Å²) in [5, 5.41) is 6.69. The van der Waals surface area contributed by atoms with E-state index < -0.39 is 17.8 Å². The Kier molecular flexibility index (Phi) is 7.59. The summed E-state index contributed by atoms with van der Waals surface area (Å²) in [5.74, 6) is -2.28. The van der Waals surface area contributed by atoms with E-state index in [1.54, 1.807) is 55.5 Å². The molecule has 0 aliphatic carbocycles. The second-order valence-electron chi connectivity index (χ2n) is 6.52. The van der Waals surface area contributed by atoms with Crippen LogP contribution >= 0.6 is 23.2 Å². The number of amides is 2. The van der Waals surface area contributed by atoms with Crippen LogP contribution in [0.5, 0.6) is 5.75 Å². The molecule has 0 aliphatic rings. The standard InChI is InChI=1S/C23H17Cl2N3O4/c1-14-6-2-4-8-17(14)23(31)32-20-9-5-3-7-15(20)13-26-28-22(30)21(29)27-19-12-16(24)10-11-18(19)25/h2-13H,1H3,(H,27,29)(H,28,30)/b26-13+. The van der Waals surface area contributed by atoms with Gasteiger partial charge in [-0.2, -0.15) is 5.10 Å². The lowest BCUT2D eigenvalue weighted by Gasteiger charge is -2.09. The Bertz CT molecular complexity index is 1210. The molecule has 2 amide bonds. The summed E-state index contributed by atoms with van der Waals surface area (Å²) in [6.07, 6.45) is 1.26. The van der Waals surface area contributed by atoms with Gasteiger partial charge in [-0.1, -0.05) is 53.5 Å². The van der Waals surface area contributed by atoms with Crippen LogP contribution in [-0.4, -0.2) is 24.0 Å². The first-order chi connectivity index (χ1) is 15.3. The molecule has 0 unspecified atom stereocenters. The maximum Gasteiger partial charge on any atom is 0.343 e. The molecule has 0 fully saturated rings. The zero-order chi connectivity index (χ0) is 23.1. The van der Waals surface area contributed by atoms with E-state index >= 15 is 0 Å². The van der Waals surface area contributed by atoms with Gasteiger partial charge in [-0.25, -0.2) is 10.2 Å². The number of hydrazone groups is 1. The Morgan fingerprint density at radius 1 is 0.938 bits per heavy atom. The van der Waals surface area contributed by atoms with E-state index in [-0.39, 0.29) is 16.5 Å². The van der Waals surface area contributed by atoms with Crippen LogP contribution in [0.1, 0.15) is 21.5 Å². The minimum absolute atomic E-state index is 0.191. The molecule has 0 atom stereocenters. The van der Waals surface area contributed by atoms with E-state index in [2.05, 4.69) is 15.8 Å². The predicted octanol–water partition coefficient (Wildman–Crippen LogP) is 4.61. The number of halogens is 2. The highest BCUT2D eigenvalue weighted by Crippen LogP contribution is 2.25. The molecule has 7 nitrogen and oxygen atoms in total. The summed E-state index contributed by atoms with van der Waals surface area (Å²) < 4.78 is 5.47. The van der Waals surface area contributed by atoms with Crippen LogP contribution in [0.4, 0.5) is 5.69 Å². The van der Waals surface area contributed by atoms with Gasteiger partial charge in [-0.3, -0.25) is 9.59 Å². The molecule has 0 bridgehead atoms. The van der Waals surface area contributed by atoms with E-state index in [0.717, 1.165) is 5.56 Å². The smallest absolute Gasteiger partial charge is 0.343 e. The molecule has 0 radical (unpaired) electrons. The van der Waals surface area contributed by atoms with Crippen molar-refractivity contribution in [2.45, 2.75) is 6.92 Å². The molecule has 3 aromatic rings. The monoisotopic (exact) mass is 469 g/mol. The van der Waals surface area contributed by atoms with Crippen LogP contribution < -0.4 is 15.5 Å². The molecule has 162 valence electrons. The van der Waals surface area contributed by atoms with E-state index in [1.807, 2.05) is 6.07 Å². The first-order valence-corrected chi connectivity index (χ1v) is 10.1. The number of hydrogen-bond donors (Lipinski definition) is 2. The number of nitrogens with one attached hydrogen (secondary N) is 2. The number of hydrogen-bond acceptors (Lipinski definition) is 5. The van der Waals surface area contributed by atoms with Gasteiger partial charge in [0, 0.05) is 10.6 Å². The van der Waals surface area contributed by atoms with E-state index in [1.165, 1.54) is 18.3 Å². The third-order valence-corrected chi connectivity index (χ3v) is 4.80. The van der Waals surface area contributed by atoms with Gasteiger partial charge in [-0.05, 0) is 48.9 Å². The fourth-order valence-corrected chi connectivity index (χ4v) is 2.96. The fraction of sp³-hybridized carbons (Fsp3) is 0.0435. The van der Waals surface area contributed by atoms with Crippen molar-refractivity contribution in [1.29, 1.82) is 0 Å². The maximum atomic E-state index is 12.5. The molecule has 32 heavy (non-hydrogen) atoms. The van der Waals surface area contributed by atoms with Crippen molar-refractivity contribution in [2.24, 2.45) is 5.10 Å². The normalized spacial score (nSPS) is 10.6. The SMILES string of the molecule is Cc1ccccc1C(=O)Oc1ccccc1/C=N/NC(=O)C(=O)Nc1cc(Cl)ccc1Cl. The summed E-state index contributed by atoms with van der Waals surface area (Å²) in [4.78, 5) is 36.5. The molecule has 0 saturated carbocycles. The third-order valence-electron chi connectivity index (χ3n) is 4.24. The van der Waals surface area contributed by atoms with Crippen molar-refractivity contribution in [3.63, 3.8) is 0 Å². The summed E-state index contributed by atoms with van der Waals surface area (Å²) in [5.41, 5.74) is 3.94. The zero-order valence-electron chi connectivity index (χ0n) is 16.8.